The zero-order valence-corrected chi connectivity index (χ0v) is 14.6. The fourth-order valence-electron chi connectivity index (χ4n) is 2.13. The number of benzene rings is 1. The number of hydrogen-bond acceptors (Lipinski definition) is 7. The Labute approximate surface area is 145 Å². The topological polar surface area (TPSA) is 103 Å². The van der Waals surface area contributed by atoms with E-state index in [1.165, 1.54) is 7.11 Å². The minimum absolute atomic E-state index is 0.00952. The van der Waals surface area contributed by atoms with Gasteiger partial charge in [-0.1, -0.05) is 30.3 Å². The number of nitrogens with one attached hydrogen (secondary N) is 1. The fourth-order valence-corrected chi connectivity index (χ4v) is 2.13. The lowest BCUT2D eigenvalue weighted by Crippen LogP contribution is -2.63. The predicted octanol–water partition coefficient (Wildman–Crippen LogP) is 1.78. The van der Waals surface area contributed by atoms with E-state index in [1.807, 2.05) is 0 Å². The van der Waals surface area contributed by atoms with Crippen LogP contribution in [-0.2, 0) is 29.5 Å². The van der Waals surface area contributed by atoms with Crippen molar-refractivity contribution in [3.05, 3.63) is 35.9 Å². The van der Waals surface area contributed by atoms with Crippen LogP contribution in [0.25, 0.3) is 0 Å². The smallest absolute Gasteiger partial charge is 0.432 e. The largest absolute Gasteiger partial charge is 0.465 e. The van der Waals surface area contributed by atoms with Gasteiger partial charge in [0.15, 0.2) is 0 Å². The number of carbonyl (C=O) groups excluding carboxylic acids is 3. The molecule has 0 aliphatic heterocycles. The Kier molecular flexibility index (Phi) is 7.67. The number of rotatable bonds is 6. The monoisotopic (exact) mass is 354 g/mol. The summed E-state index contributed by atoms with van der Waals surface area (Å²) in [5.41, 5.74) is 0.322. The Morgan fingerprint density at radius 3 is 2.12 bits per heavy atom. The molecule has 0 saturated heterocycles. The molecule has 1 aromatic carbocycles. The maximum atomic E-state index is 12.6. The Morgan fingerprint density at radius 2 is 1.64 bits per heavy atom. The van der Waals surface area contributed by atoms with Crippen molar-refractivity contribution in [3.8, 4) is 0 Å². The number of hydrogen-bond donors (Lipinski definition) is 1. The van der Waals surface area contributed by atoms with Gasteiger partial charge in [0.25, 0.3) is 5.72 Å². The zero-order valence-electron chi connectivity index (χ0n) is 14.6. The molecule has 9 heteroatoms. The molecule has 1 atom stereocenters. The van der Waals surface area contributed by atoms with Crippen molar-refractivity contribution in [2.45, 2.75) is 19.6 Å². The van der Waals surface area contributed by atoms with E-state index in [0.29, 0.717) is 5.01 Å². The normalized spacial score (nSPS) is 12.5. The van der Waals surface area contributed by atoms with Crippen molar-refractivity contribution in [1.82, 2.24) is 10.4 Å². The van der Waals surface area contributed by atoms with Crippen molar-refractivity contribution in [2.75, 3.05) is 27.4 Å². The van der Waals surface area contributed by atoms with Crippen LogP contribution >= 0.6 is 0 Å². The van der Waals surface area contributed by atoms with E-state index in [2.05, 4.69) is 5.43 Å². The van der Waals surface area contributed by atoms with Gasteiger partial charge in [0.2, 0.25) is 0 Å². The predicted molar refractivity (Wildman–Crippen MR) is 86.2 cm³/mol. The van der Waals surface area contributed by atoms with E-state index in [9.17, 15) is 14.4 Å². The fraction of sp³-hybridized carbons (Fsp3) is 0.438. The molecule has 0 aliphatic carbocycles. The molecule has 25 heavy (non-hydrogen) atoms. The highest BCUT2D eigenvalue weighted by Crippen LogP contribution is 2.30. The molecule has 0 aliphatic rings. The van der Waals surface area contributed by atoms with Gasteiger partial charge < -0.3 is 18.9 Å². The Hall–Kier alpha value is -2.81. The van der Waals surface area contributed by atoms with Crippen LogP contribution in [-0.4, -0.2) is 50.6 Å². The summed E-state index contributed by atoms with van der Waals surface area (Å²) < 4.78 is 19.9. The highest BCUT2D eigenvalue weighted by Gasteiger charge is 2.52. The number of methoxy groups -OCH3 is 2. The van der Waals surface area contributed by atoms with Crippen LogP contribution in [0.2, 0.25) is 0 Å². The number of hydrazine groups is 1. The molecular formula is C16H22N2O7. The van der Waals surface area contributed by atoms with Crippen molar-refractivity contribution in [1.29, 1.82) is 0 Å². The summed E-state index contributed by atoms with van der Waals surface area (Å²) in [6.45, 7) is 3.24. The number of carbonyl (C=O) groups is 3. The average Bonchev–Trinajstić information content (AvgIpc) is 2.62. The Morgan fingerprint density at radius 1 is 1.04 bits per heavy atom. The molecule has 9 nitrogen and oxygen atoms in total. The number of ether oxygens (including phenoxy) is 4. The lowest BCUT2D eigenvalue weighted by atomic mass is 10.0. The summed E-state index contributed by atoms with van der Waals surface area (Å²) in [7, 11) is 2.33. The summed E-state index contributed by atoms with van der Waals surface area (Å²) in [5.74, 6) is -0.939. The average molecular weight is 354 g/mol. The van der Waals surface area contributed by atoms with Crippen LogP contribution in [0.15, 0.2) is 30.3 Å². The molecule has 0 spiro atoms. The van der Waals surface area contributed by atoms with Crippen LogP contribution in [0.4, 0.5) is 9.59 Å². The summed E-state index contributed by atoms with van der Waals surface area (Å²) >= 11 is 0. The minimum Gasteiger partial charge on any atom is -0.465 e. The second-order valence-electron chi connectivity index (χ2n) is 4.57. The molecule has 2 amide bonds. The van der Waals surface area contributed by atoms with Crippen LogP contribution in [0, 0.1) is 0 Å². The first kappa shape index (κ1) is 20.2. The second kappa shape index (κ2) is 9.48. The van der Waals surface area contributed by atoms with E-state index < -0.39 is 23.9 Å². The lowest BCUT2D eigenvalue weighted by Gasteiger charge is -2.38. The van der Waals surface area contributed by atoms with Gasteiger partial charge in [-0.3, -0.25) is 0 Å². The van der Waals surface area contributed by atoms with Crippen molar-refractivity contribution >= 4 is 18.2 Å². The lowest BCUT2D eigenvalue weighted by molar-refractivity contribution is -0.198. The first-order valence-electron chi connectivity index (χ1n) is 7.57. The molecule has 1 N–H and O–H groups in total. The van der Waals surface area contributed by atoms with Gasteiger partial charge >= 0.3 is 18.2 Å². The maximum absolute atomic E-state index is 12.6. The summed E-state index contributed by atoms with van der Waals surface area (Å²) in [6, 6.07) is 8.08. The van der Waals surface area contributed by atoms with Gasteiger partial charge in [-0.05, 0) is 13.8 Å². The molecule has 0 aromatic heterocycles. The summed E-state index contributed by atoms with van der Waals surface area (Å²) in [5, 5.41) is 0.607. The maximum Gasteiger partial charge on any atom is 0.432 e. The SMILES string of the molecule is CCOC(=O)NN(C(=O)OCC)C(OC)(C(=O)OC)c1ccccc1. The highest BCUT2D eigenvalue weighted by molar-refractivity contribution is 5.87. The quantitative estimate of drug-likeness (QED) is 0.359. The number of esters is 1. The van der Waals surface area contributed by atoms with Crippen LogP contribution in [0.1, 0.15) is 19.4 Å². The third-order valence-electron chi connectivity index (χ3n) is 3.17. The summed E-state index contributed by atoms with van der Waals surface area (Å²) in [6.07, 6.45) is -1.98. The van der Waals surface area contributed by atoms with Gasteiger partial charge in [-0.25, -0.2) is 19.8 Å². The van der Waals surface area contributed by atoms with E-state index in [4.69, 9.17) is 18.9 Å². The van der Waals surface area contributed by atoms with Gasteiger partial charge in [0, 0.05) is 12.7 Å². The van der Waals surface area contributed by atoms with Gasteiger partial charge in [0.05, 0.1) is 20.3 Å². The number of amides is 2. The van der Waals surface area contributed by atoms with Gasteiger partial charge in [-0.15, -0.1) is 0 Å². The zero-order chi connectivity index (χ0) is 18.9. The molecule has 1 aromatic rings. The van der Waals surface area contributed by atoms with Gasteiger partial charge in [-0.2, -0.15) is 5.01 Å². The Bertz CT molecular complexity index is 593. The third kappa shape index (κ3) is 4.38. The molecule has 0 saturated carbocycles. The molecule has 1 unspecified atom stereocenters. The van der Waals surface area contributed by atoms with E-state index in [-0.39, 0.29) is 18.8 Å². The first-order chi connectivity index (χ1) is 12.0. The van der Waals surface area contributed by atoms with E-state index in [1.54, 1.807) is 44.2 Å². The third-order valence-corrected chi connectivity index (χ3v) is 3.17. The van der Waals surface area contributed by atoms with Crippen LogP contribution in [0.5, 0.6) is 0 Å². The Balaban J connectivity index is 3.48. The molecular weight excluding hydrogens is 332 g/mol. The van der Waals surface area contributed by atoms with Crippen LogP contribution in [0.3, 0.4) is 0 Å². The highest BCUT2D eigenvalue weighted by atomic mass is 16.6. The molecule has 0 heterocycles. The van der Waals surface area contributed by atoms with Gasteiger partial charge in [0.1, 0.15) is 0 Å². The van der Waals surface area contributed by atoms with Crippen LogP contribution < -0.4 is 5.43 Å². The molecule has 1 rings (SSSR count). The summed E-state index contributed by atoms with van der Waals surface area (Å²) in [4.78, 5) is 36.9. The van der Waals surface area contributed by atoms with Crippen molar-refractivity contribution in [3.63, 3.8) is 0 Å². The first-order valence-corrected chi connectivity index (χ1v) is 7.57. The standard InChI is InChI=1S/C16H22N2O7/c1-5-24-14(20)17-18(15(21)25-6-2)16(23-4,13(19)22-3)12-10-8-7-9-11-12/h7-11H,5-6H2,1-4H3,(H,17,20). The molecule has 0 radical (unpaired) electrons. The molecule has 0 fully saturated rings. The van der Waals surface area contributed by atoms with E-state index >= 15 is 0 Å². The molecule has 138 valence electrons. The molecule has 0 bridgehead atoms. The second-order valence-corrected chi connectivity index (χ2v) is 4.57. The van der Waals surface area contributed by atoms with E-state index in [0.717, 1.165) is 7.11 Å². The number of nitrogens with zero attached hydrogens (tertiary/aromatic N) is 1. The van der Waals surface area contributed by atoms with Crippen molar-refractivity contribution in [2.24, 2.45) is 0 Å². The van der Waals surface area contributed by atoms with Crippen molar-refractivity contribution < 1.29 is 33.3 Å². The minimum atomic E-state index is -2.10.